The summed E-state index contributed by atoms with van der Waals surface area (Å²) in [6.07, 6.45) is -3.57. The molecular weight excluding hydrogens is 412 g/mol. The molecule has 0 aromatic heterocycles. The molecule has 0 bridgehead atoms. The number of carbonyl (C=O) groups is 1. The molecule has 0 radical (unpaired) electrons. The number of aliphatic hydroxyl groups is 1. The lowest BCUT2D eigenvalue weighted by Crippen LogP contribution is -2.39. The topological polar surface area (TPSA) is 46.5 Å². The van der Waals surface area contributed by atoms with E-state index >= 15 is 0 Å². The Morgan fingerprint density at radius 2 is 1.50 bits per heavy atom. The average Bonchev–Trinajstić information content (AvgIpc) is 2.60. The second kappa shape index (κ2) is 6.94. The summed E-state index contributed by atoms with van der Waals surface area (Å²) in [5.41, 5.74) is -2.54. The number of hydrogen-bond acceptors (Lipinski definition) is 3. The fourth-order valence-electron chi connectivity index (χ4n) is 1.95. The smallest absolute Gasteiger partial charge is 0.347 e. The molecule has 0 unspecified atom stereocenters. The molecular formula is C17H16Br2O3. The van der Waals surface area contributed by atoms with Crippen LogP contribution in [0.25, 0.3) is 0 Å². The predicted octanol–water partition coefficient (Wildman–Crippen LogP) is 4.40. The summed E-state index contributed by atoms with van der Waals surface area (Å²) in [4.78, 5) is 13.0. The molecule has 0 atom stereocenters. The fraction of sp³-hybridized carbons (Fsp3) is 0.235. The van der Waals surface area contributed by atoms with E-state index in [9.17, 15) is 9.90 Å². The first-order valence-corrected chi connectivity index (χ1v) is 7.69. The monoisotopic (exact) mass is 433 g/mol. The summed E-state index contributed by atoms with van der Waals surface area (Å²) in [6.45, 7) is -6.98. The van der Waals surface area contributed by atoms with Crippen LogP contribution in [-0.2, 0) is 15.1 Å². The number of rotatable bonds is 4. The van der Waals surface area contributed by atoms with Gasteiger partial charge in [-0.25, -0.2) is 4.79 Å². The van der Waals surface area contributed by atoms with Gasteiger partial charge < -0.3 is 9.84 Å². The van der Waals surface area contributed by atoms with Crippen molar-refractivity contribution in [2.24, 2.45) is 0 Å². The van der Waals surface area contributed by atoms with Crippen molar-refractivity contribution < 1.29 is 24.2 Å². The van der Waals surface area contributed by atoms with E-state index < -0.39 is 31.4 Å². The van der Waals surface area contributed by atoms with E-state index in [1.165, 1.54) is 48.5 Å². The Bertz CT molecular complexity index is 818. The van der Waals surface area contributed by atoms with Gasteiger partial charge >= 0.3 is 5.97 Å². The Labute approximate surface area is 156 Å². The van der Waals surface area contributed by atoms with Crippen LogP contribution in [0.3, 0.4) is 0 Å². The van der Waals surface area contributed by atoms with Crippen molar-refractivity contribution in [2.75, 3.05) is 0 Å². The molecule has 0 saturated carbocycles. The maximum absolute atomic E-state index is 13.0. The SMILES string of the molecule is [2H]C([2H])([2H])C([2H])(OC(=O)C(O)(c1ccc(Br)cc1)c1ccc(Br)cc1)C([2H])([2H])[2H]. The van der Waals surface area contributed by atoms with E-state index in [1.54, 1.807) is 0 Å². The lowest BCUT2D eigenvalue weighted by Gasteiger charge is -2.28. The van der Waals surface area contributed by atoms with Gasteiger partial charge in [-0.05, 0) is 49.1 Å². The summed E-state index contributed by atoms with van der Waals surface area (Å²) < 4.78 is 58.5. The van der Waals surface area contributed by atoms with E-state index in [0.717, 1.165) is 0 Å². The third kappa shape index (κ3) is 3.59. The van der Waals surface area contributed by atoms with Gasteiger partial charge in [0.15, 0.2) is 0 Å². The maximum atomic E-state index is 13.0. The zero-order valence-corrected chi connectivity index (χ0v) is 14.3. The normalized spacial score (nSPS) is 17.9. The van der Waals surface area contributed by atoms with E-state index in [0.29, 0.717) is 8.95 Å². The largest absolute Gasteiger partial charge is 0.460 e. The molecule has 0 aliphatic rings. The highest BCUT2D eigenvalue weighted by atomic mass is 79.9. The number of esters is 1. The van der Waals surface area contributed by atoms with E-state index in [-0.39, 0.29) is 11.1 Å². The first kappa shape index (κ1) is 9.85. The second-order valence-electron chi connectivity index (χ2n) is 4.44. The number of ether oxygens (including phenoxy) is 1. The van der Waals surface area contributed by atoms with Crippen molar-refractivity contribution in [2.45, 2.75) is 25.4 Å². The minimum Gasteiger partial charge on any atom is -0.460 e. The molecule has 0 spiro atoms. The molecule has 0 amide bonds. The molecule has 116 valence electrons. The molecule has 3 nitrogen and oxygen atoms in total. The van der Waals surface area contributed by atoms with Crippen molar-refractivity contribution in [3.8, 4) is 0 Å². The number of carbonyl (C=O) groups excluding carboxylic acids is 1. The standard InChI is InChI=1S/C17H16Br2O3/c1-11(2)22-16(20)17(21,12-3-7-14(18)8-4-12)13-5-9-15(19)10-6-13/h3-11,21H,1-2H3/i1D3,2D3,11D. The molecule has 0 fully saturated rings. The molecule has 2 aromatic rings. The summed E-state index contributed by atoms with van der Waals surface area (Å²) >= 11 is 6.47. The van der Waals surface area contributed by atoms with E-state index in [1.807, 2.05) is 0 Å². The lowest BCUT2D eigenvalue weighted by molar-refractivity contribution is -0.166. The minimum absolute atomic E-state index is 0.00598. The Morgan fingerprint density at radius 3 is 1.86 bits per heavy atom. The van der Waals surface area contributed by atoms with Crippen LogP contribution in [0.15, 0.2) is 57.5 Å². The molecule has 1 N–H and O–H groups in total. The van der Waals surface area contributed by atoms with Crippen LogP contribution in [-0.4, -0.2) is 17.2 Å². The molecule has 22 heavy (non-hydrogen) atoms. The van der Waals surface area contributed by atoms with Crippen molar-refractivity contribution >= 4 is 37.8 Å². The van der Waals surface area contributed by atoms with Gasteiger partial charge in [-0.1, -0.05) is 56.1 Å². The molecule has 0 aliphatic heterocycles. The number of halogens is 2. The zero-order chi connectivity index (χ0) is 22.3. The Balaban J connectivity index is 2.64. The highest BCUT2D eigenvalue weighted by Crippen LogP contribution is 2.33. The van der Waals surface area contributed by atoms with Crippen LogP contribution in [0.5, 0.6) is 0 Å². The zero-order valence-electron chi connectivity index (χ0n) is 18.1. The summed E-state index contributed by atoms with van der Waals surface area (Å²) in [5.74, 6) is -1.59. The summed E-state index contributed by atoms with van der Waals surface area (Å²) in [7, 11) is 0. The molecule has 2 rings (SSSR count). The maximum Gasteiger partial charge on any atom is 0.347 e. The van der Waals surface area contributed by atoms with Crippen LogP contribution in [0, 0.1) is 0 Å². The average molecular weight is 435 g/mol. The molecule has 0 saturated heterocycles. The summed E-state index contributed by atoms with van der Waals surface area (Å²) in [6, 6.07) is 11.7. The van der Waals surface area contributed by atoms with Crippen molar-refractivity contribution in [1.82, 2.24) is 0 Å². The second-order valence-corrected chi connectivity index (χ2v) is 6.27. The van der Waals surface area contributed by atoms with Gasteiger partial charge in [0, 0.05) is 17.2 Å². The molecule has 5 heteroatoms. The first-order chi connectivity index (χ1) is 13.1. The van der Waals surface area contributed by atoms with Gasteiger partial charge in [0.2, 0.25) is 5.60 Å². The van der Waals surface area contributed by atoms with E-state index in [4.69, 9.17) is 14.3 Å². The highest BCUT2D eigenvalue weighted by molar-refractivity contribution is 9.10. The van der Waals surface area contributed by atoms with Crippen LogP contribution >= 0.6 is 31.9 Å². The fourth-order valence-corrected chi connectivity index (χ4v) is 2.48. The third-order valence-electron chi connectivity index (χ3n) is 3.01. The van der Waals surface area contributed by atoms with Crippen molar-refractivity contribution in [3.63, 3.8) is 0 Å². The van der Waals surface area contributed by atoms with Crippen LogP contribution in [0.1, 0.15) is 34.4 Å². The van der Waals surface area contributed by atoms with Crippen LogP contribution < -0.4 is 0 Å². The third-order valence-corrected chi connectivity index (χ3v) is 4.07. The number of benzene rings is 2. The lowest BCUT2D eigenvalue weighted by atomic mass is 9.86. The Hall–Kier alpha value is -1.17. The molecule has 0 aliphatic carbocycles. The van der Waals surface area contributed by atoms with E-state index in [2.05, 4.69) is 31.9 Å². The quantitative estimate of drug-likeness (QED) is 0.725. The molecule has 0 heterocycles. The van der Waals surface area contributed by atoms with Gasteiger partial charge in [-0.3, -0.25) is 0 Å². The van der Waals surface area contributed by atoms with Gasteiger partial charge in [-0.2, -0.15) is 0 Å². The molecule has 2 aromatic carbocycles. The van der Waals surface area contributed by atoms with Crippen LogP contribution in [0.4, 0.5) is 0 Å². The number of hydrogen-bond donors (Lipinski definition) is 1. The predicted molar refractivity (Wildman–Crippen MR) is 92.5 cm³/mol. The first-order valence-electron chi connectivity index (χ1n) is 9.61. The Kier molecular flexibility index (Phi) is 3.11. The van der Waals surface area contributed by atoms with Crippen LogP contribution in [0.2, 0.25) is 0 Å². The van der Waals surface area contributed by atoms with Crippen molar-refractivity contribution in [1.29, 1.82) is 0 Å². The van der Waals surface area contributed by atoms with Gasteiger partial charge in [0.1, 0.15) is 0 Å². The van der Waals surface area contributed by atoms with Gasteiger partial charge in [0.05, 0.1) is 7.45 Å². The summed E-state index contributed by atoms with van der Waals surface area (Å²) in [5, 5.41) is 11.3. The minimum atomic E-state index is -3.57. The van der Waals surface area contributed by atoms with Gasteiger partial charge in [0.25, 0.3) is 0 Å². The van der Waals surface area contributed by atoms with Crippen molar-refractivity contribution in [3.05, 3.63) is 68.6 Å². The Morgan fingerprint density at radius 1 is 1.09 bits per heavy atom. The van der Waals surface area contributed by atoms with Gasteiger partial charge in [-0.15, -0.1) is 0 Å². The highest BCUT2D eigenvalue weighted by Gasteiger charge is 2.42.